The number of thioether (sulfide) groups is 1. The number of carbonyl (C=O) groups is 1. The molecule has 388 valence electrons. The molecule has 13 nitrogen and oxygen atoms in total. The second-order valence-electron chi connectivity index (χ2n) is 19.0. The number of anilines is 4. The number of piperidine rings is 1. The summed E-state index contributed by atoms with van der Waals surface area (Å²) >= 11 is 7.90. The number of likely N-dealkylation sites (tertiary alicyclic amines) is 1. The number of piperazine rings is 1. The minimum atomic E-state index is -4.21. The SMILES string of the molecule is CCn1c(C)c(C(=O)O)c(-c2cc(F)cc(N3CCN(c4ccc(NS(=O)(=O)c5ccc(N[C@H](CCN6CCC(OC(C)C)CC6)CSc6ccccc6)c(S(C)(=O)=O)c5)cc4)CC3)c2)c1-c1ccc(Cl)cc1. The summed E-state index contributed by atoms with van der Waals surface area (Å²) in [6.45, 7) is 13.2. The first-order valence-corrected chi connectivity index (χ1v) is 29.4. The predicted octanol–water partition coefficient (Wildman–Crippen LogP) is 11.0. The van der Waals surface area contributed by atoms with Crippen LogP contribution >= 0.6 is 23.4 Å². The number of hydrogen-bond acceptors (Lipinski definition) is 11. The smallest absolute Gasteiger partial charge is 0.338 e. The summed E-state index contributed by atoms with van der Waals surface area (Å²) in [4.78, 5) is 20.3. The summed E-state index contributed by atoms with van der Waals surface area (Å²) in [5.74, 6) is -0.915. The van der Waals surface area contributed by atoms with Crippen molar-refractivity contribution in [3.05, 3.63) is 137 Å². The minimum absolute atomic E-state index is 0.0981. The molecule has 2 aliphatic heterocycles. The molecule has 8 rings (SSSR count). The van der Waals surface area contributed by atoms with Gasteiger partial charge in [0, 0.05) is 109 Å². The fraction of sp³-hybridized carbons (Fsp3) is 0.364. The Morgan fingerprint density at radius 1 is 0.836 bits per heavy atom. The predicted molar refractivity (Wildman–Crippen MR) is 294 cm³/mol. The molecule has 1 aromatic heterocycles. The highest BCUT2D eigenvalue weighted by molar-refractivity contribution is 7.99. The molecule has 18 heteroatoms. The lowest BCUT2D eigenvalue weighted by Gasteiger charge is -2.37. The Kier molecular flexibility index (Phi) is 17.2. The molecule has 5 aromatic carbocycles. The van der Waals surface area contributed by atoms with Gasteiger partial charge in [-0.2, -0.15) is 0 Å². The van der Waals surface area contributed by atoms with Crippen LogP contribution in [0.15, 0.2) is 130 Å². The largest absolute Gasteiger partial charge is 0.478 e. The number of hydrogen-bond donors (Lipinski definition) is 3. The second kappa shape index (κ2) is 23.3. The zero-order valence-electron chi connectivity index (χ0n) is 41.9. The lowest BCUT2D eigenvalue weighted by atomic mass is 9.96. The van der Waals surface area contributed by atoms with E-state index < -0.39 is 31.6 Å². The quantitative estimate of drug-likeness (QED) is 0.0624. The molecule has 0 saturated carbocycles. The van der Waals surface area contributed by atoms with E-state index in [0.29, 0.717) is 83.1 Å². The van der Waals surface area contributed by atoms with E-state index in [9.17, 15) is 26.7 Å². The maximum atomic E-state index is 15.6. The Morgan fingerprint density at radius 3 is 2.11 bits per heavy atom. The first-order chi connectivity index (χ1) is 34.9. The van der Waals surface area contributed by atoms with Crippen molar-refractivity contribution in [2.45, 2.75) is 86.4 Å². The van der Waals surface area contributed by atoms with E-state index in [-0.39, 0.29) is 33.6 Å². The molecule has 0 bridgehead atoms. The zero-order valence-corrected chi connectivity index (χ0v) is 45.1. The second-order valence-corrected chi connectivity index (χ2v) is 24.2. The number of benzene rings is 5. The van der Waals surface area contributed by atoms with Gasteiger partial charge in [-0.15, -0.1) is 11.8 Å². The topological polar surface area (TPSA) is 154 Å². The molecule has 1 atom stereocenters. The van der Waals surface area contributed by atoms with Crippen molar-refractivity contribution >= 4 is 71.9 Å². The molecule has 2 fully saturated rings. The van der Waals surface area contributed by atoms with Gasteiger partial charge in [-0.3, -0.25) is 4.72 Å². The normalized spacial score (nSPS) is 15.5. The van der Waals surface area contributed by atoms with Crippen LogP contribution in [0.25, 0.3) is 22.4 Å². The van der Waals surface area contributed by atoms with Crippen LogP contribution in [0.5, 0.6) is 0 Å². The van der Waals surface area contributed by atoms with Crippen LogP contribution in [0.2, 0.25) is 5.02 Å². The van der Waals surface area contributed by atoms with E-state index in [2.05, 4.69) is 38.6 Å². The number of carboxylic acid groups (broad SMARTS) is 1. The average Bonchev–Trinajstić information content (AvgIpc) is 3.67. The van der Waals surface area contributed by atoms with Gasteiger partial charge in [0.25, 0.3) is 10.0 Å². The Morgan fingerprint density at radius 2 is 1.49 bits per heavy atom. The van der Waals surface area contributed by atoms with Crippen LogP contribution in [0.1, 0.15) is 56.1 Å². The number of rotatable bonds is 20. The molecule has 0 amide bonds. The third-order valence-electron chi connectivity index (χ3n) is 13.5. The lowest BCUT2D eigenvalue weighted by Crippen LogP contribution is -2.46. The van der Waals surface area contributed by atoms with Gasteiger partial charge in [-0.1, -0.05) is 41.9 Å². The molecule has 0 spiro atoms. The number of halogens is 2. The minimum Gasteiger partial charge on any atom is -0.478 e. The monoisotopic (exact) mass is 1070 g/mol. The Balaban J connectivity index is 0.935. The summed E-state index contributed by atoms with van der Waals surface area (Å²) < 4.78 is 80.7. The van der Waals surface area contributed by atoms with Gasteiger partial charge >= 0.3 is 5.97 Å². The maximum Gasteiger partial charge on any atom is 0.338 e. The average molecular weight is 1070 g/mol. The van der Waals surface area contributed by atoms with Crippen molar-refractivity contribution in [2.75, 3.05) is 77.7 Å². The molecular formula is C55H64ClFN6O7S3. The maximum absolute atomic E-state index is 15.6. The number of nitrogens with zero attached hydrogens (tertiary/aromatic N) is 4. The highest BCUT2D eigenvalue weighted by atomic mass is 35.5. The lowest BCUT2D eigenvalue weighted by molar-refractivity contribution is -0.0268. The number of sulfone groups is 1. The van der Waals surface area contributed by atoms with E-state index in [0.717, 1.165) is 61.3 Å². The van der Waals surface area contributed by atoms with Crippen molar-refractivity contribution in [3.63, 3.8) is 0 Å². The van der Waals surface area contributed by atoms with Crippen LogP contribution in [-0.2, 0) is 31.1 Å². The molecule has 2 aliphatic rings. The van der Waals surface area contributed by atoms with Crippen molar-refractivity contribution in [3.8, 4) is 22.4 Å². The summed E-state index contributed by atoms with van der Waals surface area (Å²) in [6.07, 6.45) is 4.21. The van der Waals surface area contributed by atoms with E-state index in [1.165, 1.54) is 24.3 Å². The number of sulfonamides is 1. The summed E-state index contributed by atoms with van der Waals surface area (Å²) in [5.41, 5.74) is 5.17. The van der Waals surface area contributed by atoms with Gasteiger partial charge in [-0.05, 0) is 143 Å². The van der Waals surface area contributed by atoms with Crippen molar-refractivity contribution in [1.29, 1.82) is 0 Å². The van der Waals surface area contributed by atoms with Crippen LogP contribution < -0.4 is 19.8 Å². The Hall–Kier alpha value is -5.56. The molecule has 0 radical (unpaired) electrons. The first-order valence-electron chi connectivity index (χ1n) is 24.7. The molecule has 3 N–H and O–H groups in total. The first kappa shape index (κ1) is 53.7. The zero-order chi connectivity index (χ0) is 52.0. The number of carboxylic acids is 1. The van der Waals surface area contributed by atoms with E-state index in [1.54, 1.807) is 49.0 Å². The van der Waals surface area contributed by atoms with Gasteiger partial charge in [0.2, 0.25) is 0 Å². The van der Waals surface area contributed by atoms with E-state index in [1.807, 2.05) is 72.2 Å². The summed E-state index contributed by atoms with van der Waals surface area (Å²) in [7, 11) is -8.08. The van der Waals surface area contributed by atoms with E-state index >= 15 is 4.39 Å². The summed E-state index contributed by atoms with van der Waals surface area (Å²) in [5, 5.41) is 14.5. The van der Waals surface area contributed by atoms with Crippen molar-refractivity contribution in [1.82, 2.24) is 9.47 Å². The van der Waals surface area contributed by atoms with Crippen LogP contribution in [0.3, 0.4) is 0 Å². The van der Waals surface area contributed by atoms with Gasteiger partial charge < -0.3 is 34.4 Å². The van der Waals surface area contributed by atoms with Crippen molar-refractivity contribution in [2.24, 2.45) is 0 Å². The molecule has 3 heterocycles. The fourth-order valence-corrected chi connectivity index (χ4v) is 13.0. The van der Waals surface area contributed by atoms with Crippen LogP contribution in [-0.4, -0.2) is 113 Å². The Labute approximate surface area is 438 Å². The fourth-order valence-electron chi connectivity index (χ4n) is 9.88. The standard InChI is InChI=1S/C55H64ClFN6O7S3/c1-6-63-38(4)52(55(64)65)53(54(63)39-12-14-41(56)15-13-39)40-32-42(57)34-46(33-40)62-30-28-61(29-31-62)45-18-16-43(17-19-45)59-73(68,69)49-20-21-50(51(35-49)72(5,66)67)58-44(36-71-48-10-8-7-9-11-48)22-25-60-26-23-47(24-27-60)70-37(2)3/h7-21,32-35,37,44,47,58-59H,6,22-31,36H2,1-5H3,(H,64,65)/t44-/m1/s1. The van der Waals surface area contributed by atoms with Gasteiger partial charge in [0.05, 0.1) is 38.9 Å². The number of nitrogens with one attached hydrogen (secondary N) is 2. The van der Waals surface area contributed by atoms with Gasteiger partial charge in [0.15, 0.2) is 9.84 Å². The summed E-state index contributed by atoms with van der Waals surface area (Å²) in [6, 6.07) is 33.0. The number of ether oxygens (including phenoxy) is 1. The number of aromatic nitrogens is 1. The van der Waals surface area contributed by atoms with Gasteiger partial charge in [-0.25, -0.2) is 26.0 Å². The van der Waals surface area contributed by atoms with Gasteiger partial charge in [0.1, 0.15) is 5.82 Å². The Bertz CT molecular complexity index is 3110. The number of aromatic carboxylic acids is 1. The molecule has 6 aromatic rings. The molecule has 0 unspecified atom stereocenters. The van der Waals surface area contributed by atoms with Crippen LogP contribution in [0, 0.1) is 12.7 Å². The third kappa shape index (κ3) is 13.2. The highest BCUT2D eigenvalue weighted by Crippen LogP contribution is 2.42. The third-order valence-corrected chi connectivity index (χ3v) is 17.4. The molecule has 73 heavy (non-hydrogen) atoms. The molecular weight excluding hydrogens is 1010 g/mol. The van der Waals surface area contributed by atoms with Crippen LogP contribution in [0.4, 0.5) is 27.1 Å². The van der Waals surface area contributed by atoms with Crippen molar-refractivity contribution < 1.29 is 35.9 Å². The highest BCUT2D eigenvalue weighted by Gasteiger charge is 2.29. The van der Waals surface area contributed by atoms with E-state index in [4.69, 9.17) is 16.3 Å². The molecule has 2 saturated heterocycles. The molecule has 0 aliphatic carbocycles.